The van der Waals surface area contributed by atoms with Gasteiger partial charge < -0.3 is 4.74 Å². The largest absolute Gasteiger partial charge is 0.460 e. The van der Waals surface area contributed by atoms with E-state index in [9.17, 15) is 9.59 Å². The smallest absolute Gasteiger partial charge is 0.379 e. The molecule has 1 aromatic carbocycles. The minimum atomic E-state index is -0.970. The Morgan fingerprint density at radius 1 is 1.19 bits per heavy atom. The second-order valence-electron chi connectivity index (χ2n) is 2.77. The highest BCUT2D eigenvalue weighted by molar-refractivity contribution is 6.52. The number of rotatable bonds is 3. The Morgan fingerprint density at radius 2 is 1.81 bits per heavy atom. The molecule has 0 spiro atoms. The average Bonchev–Trinajstić information content (AvgIpc) is 2.26. The van der Waals surface area contributed by atoms with Gasteiger partial charge in [0, 0.05) is 5.56 Å². The standard InChI is InChI=1S/C10H7Cl3O3/c1-2-16-10(15)9(14)5-3-4-6(11)8(13)7(5)12/h3-4H,2H2,1H3. The van der Waals surface area contributed by atoms with Gasteiger partial charge in [-0.25, -0.2) is 4.79 Å². The summed E-state index contributed by atoms with van der Waals surface area (Å²) in [7, 11) is 0. The van der Waals surface area contributed by atoms with Gasteiger partial charge in [-0.1, -0.05) is 34.8 Å². The number of carbonyl (C=O) groups excluding carboxylic acids is 2. The lowest BCUT2D eigenvalue weighted by Crippen LogP contribution is -2.17. The van der Waals surface area contributed by atoms with Crippen molar-refractivity contribution in [2.75, 3.05) is 6.61 Å². The second-order valence-corrected chi connectivity index (χ2v) is 3.94. The van der Waals surface area contributed by atoms with Crippen molar-refractivity contribution in [1.82, 2.24) is 0 Å². The highest BCUT2D eigenvalue weighted by Crippen LogP contribution is 2.32. The van der Waals surface area contributed by atoms with Gasteiger partial charge in [0.1, 0.15) is 0 Å². The lowest BCUT2D eigenvalue weighted by Gasteiger charge is -2.05. The number of Topliss-reactive ketones (excluding diaryl/α,β-unsaturated/α-hetero) is 1. The molecule has 0 fully saturated rings. The van der Waals surface area contributed by atoms with Crippen LogP contribution in [0.25, 0.3) is 0 Å². The van der Waals surface area contributed by atoms with E-state index in [-0.39, 0.29) is 27.2 Å². The third kappa shape index (κ3) is 2.67. The van der Waals surface area contributed by atoms with E-state index >= 15 is 0 Å². The molecule has 0 aliphatic carbocycles. The summed E-state index contributed by atoms with van der Waals surface area (Å²) in [4.78, 5) is 22.7. The molecule has 0 amide bonds. The summed E-state index contributed by atoms with van der Waals surface area (Å²) in [5.41, 5.74) is -0.0190. The molecule has 6 heteroatoms. The van der Waals surface area contributed by atoms with Crippen LogP contribution in [0.2, 0.25) is 15.1 Å². The van der Waals surface area contributed by atoms with Crippen molar-refractivity contribution < 1.29 is 14.3 Å². The third-order valence-corrected chi connectivity index (χ3v) is 3.03. The van der Waals surface area contributed by atoms with Gasteiger partial charge >= 0.3 is 5.97 Å². The third-order valence-electron chi connectivity index (χ3n) is 1.74. The van der Waals surface area contributed by atoms with Crippen LogP contribution in [0, 0.1) is 0 Å². The van der Waals surface area contributed by atoms with Crippen LogP contribution in [0.5, 0.6) is 0 Å². The normalized spacial score (nSPS) is 10.0. The minimum Gasteiger partial charge on any atom is -0.460 e. The molecule has 0 aromatic heterocycles. The maximum absolute atomic E-state index is 11.6. The van der Waals surface area contributed by atoms with Gasteiger partial charge in [-0.15, -0.1) is 0 Å². The maximum Gasteiger partial charge on any atom is 0.379 e. The molecule has 0 atom stereocenters. The van der Waals surface area contributed by atoms with Gasteiger partial charge in [-0.3, -0.25) is 4.79 Å². The summed E-state index contributed by atoms with van der Waals surface area (Å²) in [6.07, 6.45) is 0. The predicted octanol–water partition coefficient (Wildman–Crippen LogP) is 3.39. The summed E-state index contributed by atoms with van der Waals surface area (Å²) < 4.78 is 4.56. The zero-order valence-electron chi connectivity index (χ0n) is 8.22. The van der Waals surface area contributed by atoms with E-state index in [2.05, 4.69) is 4.74 Å². The first kappa shape index (κ1) is 13.3. The molecule has 1 rings (SSSR count). The lowest BCUT2D eigenvalue weighted by atomic mass is 10.1. The number of ketones is 1. The number of hydrogen-bond donors (Lipinski definition) is 0. The molecule has 0 heterocycles. The van der Waals surface area contributed by atoms with Crippen molar-refractivity contribution in [2.45, 2.75) is 6.92 Å². The highest BCUT2D eigenvalue weighted by atomic mass is 35.5. The van der Waals surface area contributed by atoms with Gasteiger partial charge in [-0.2, -0.15) is 0 Å². The number of ether oxygens (including phenoxy) is 1. The molecule has 3 nitrogen and oxygen atoms in total. The molecule has 0 radical (unpaired) electrons. The first-order chi connectivity index (χ1) is 7.49. The number of carbonyl (C=O) groups is 2. The lowest BCUT2D eigenvalue weighted by molar-refractivity contribution is -0.137. The zero-order valence-corrected chi connectivity index (χ0v) is 10.5. The predicted molar refractivity (Wildman–Crippen MR) is 62.4 cm³/mol. The van der Waals surface area contributed by atoms with Crippen LogP contribution < -0.4 is 0 Å². The monoisotopic (exact) mass is 280 g/mol. The molecule has 1 aromatic rings. The molecular weight excluding hydrogens is 274 g/mol. The molecule has 0 saturated carbocycles. The minimum absolute atomic E-state index is 0.0190. The van der Waals surface area contributed by atoms with Gasteiger partial charge in [0.2, 0.25) is 0 Å². The first-order valence-electron chi connectivity index (χ1n) is 4.34. The molecular formula is C10H7Cl3O3. The van der Waals surface area contributed by atoms with Crippen LogP contribution in [-0.4, -0.2) is 18.4 Å². The number of benzene rings is 1. The van der Waals surface area contributed by atoms with Crippen molar-refractivity contribution >= 4 is 46.6 Å². The van der Waals surface area contributed by atoms with E-state index in [0.717, 1.165) is 0 Å². The van der Waals surface area contributed by atoms with Crippen LogP contribution in [0.4, 0.5) is 0 Å². The molecule has 0 saturated heterocycles. The molecule has 0 unspecified atom stereocenters. The molecule has 0 N–H and O–H groups in total. The van der Waals surface area contributed by atoms with E-state index in [1.807, 2.05) is 0 Å². The van der Waals surface area contributed by atoms with Gasteiger partial charge in [0.25, 0.3) is 5.78 Å². The Hall–Kier alpha value is -0.770. The molecule has 16 heavy (non-hydrogen) atoms. The fourth-order valence-corrected chi connectivity index (χ4v) is 1.63. The Morgan fingerprint density at radius 3 is 2.38 bits per heavy atom. The molecule has 0 bridgehead atoms. The van der Waals surface area contributed by atoms with Crippen LogP contribution >= 0.6 is 34.8 Å². The summed E-state index contributed by atoms with van der Waals surface area (Å²) in [5, 5.41) is 0.206. The topological polar surface area (TPSA) is 43.4 Å². The van der Waals surface area contributed by atoms with Crippen molar-refractivity contribution in [1.29, 1.82) is 0 Å². The average molecular weight is 282 g/mol. The van der Waals surface area contributed by atoms with Crippen LogP contribution in [-0.2, 0) is 9.53 Å². The van der Waals surface area contributed by atoms with E-state index in [4.69, 9.17) is 34.8 Å². The Kier molecular flexibility index (Phi) is 4.59. The van der Waals surface area contributed by atoms with Gasteiger partial charge in [0.15, 0.2) is 0 Å². The Bertz CT molecular complexity index is 443. The quantitative estimate of drug-likeness (QED) is 0.369. The van der Waals surface area contributed by atoms with Crippen LogP contribution in [0.1, 0.15) is 17.3 Å². The van der Waals surface area contributed by atoms with Crippen molar-refractivity contribution in [3.05, 3.63) is 32.8 Å². The summed E-state index contributed by atoms with van der Waals surface area (Å²) >= 11 is 17.2. The summed E-state index contributed by atoms with van der Waals surface area (Å²) in [6.45, 7) is 1.71. The van der Waals surface area contributed by atoms with E-state index < -0.39 is 11.8 Å². The first-order valence-corrected chi connectivity index (χ1v) is 5.47. The molecule has 86 valence electrons. The summed E-state index contributed by atoms with van der Waals surface area (Å²) in [5.74, 6) is -1.81. The molecule has 0 aliphatic rings. The maximum atomic E-state index is 11.6. The number of hydrogen-bond acceptors (Lipinski definition) is 3. The van der Waals surface area contributed by atoms with Gasteiger partial charge in [-0.05, 0) is 19.1 Å². The van der Waals surface area contributed by atoms with Gasteiger partial charge in [0.05, 0.1) is 21.7 Å². The SMILES string of the molecule is CCOC(=O)C(=O)c1ccc(Cl)c(Cl)c1Cl. The number of halogens is 3. The Balaban J connectivity index is 3.10. The molecule has 0 aliphatic heterocycles. The zero-order chi connectivity index (χ0) is 12.3. The Labute approximate surface area is 107 Å². The van der Waals surface area contributed by atoms with E-state index in [0.29, 0.717) is 0 Å². The number of esters is 1. The second kappa shape index (κ2) is 5.53. The summed E-state index contributed by atoms with van der Waals surface area (Å²) in [6, 6.07) is 2.72. The fraction of sp³-hybridized carbons (Fsp3) is 0.200. The van der Waals surface area contributed by atoms with Crippen LogP contribution in [0.3, 0.4) is 0 Å². The van der Waals surface area contributed by atoms with Crippen LogP contribution in [0.15, 0.2) is 12.1 Å². The van der Waals surface area contributed by atoms with Crippen molar-refractivity contribution in [3.8, 4) is 0 Å². The van der Waals surface area contributed by atoms with Crippen molar-refractivity contribution in [2.24, 2.45) is 0 Å². The fourth-order valence-electron chi connectivity index (χ4n) is 1.01. The van der Waals surface area contributed by atoms with E-state index in [1.54, 1.807) is 6.92 Å². The highest BCUT2D eigenvalue weighted by Gasteiger charge is 2.22. The van der Waals surface area contributed by atoms with Crippen molar-refractivity contribution in [3.63, 3.8) is 0 Å². The van der Waals surface area contributed by atoms with E-state index in [1.165, 1.54) is 12.1 Å².